The van der Waals surface area contributed by atoms with E-state index in [0.29, 0.717) is 5.92 Å². The van der Waals surface area contributed by atoms with Crippen molar-refractivity contribution in [2.75, 3.05) is 7.05 Å². The molecule has 2 unspecified atom stereocenters. The van der Waals surface area contributed by atoms with Gasteiger partial charge in [-0.15, -0.1) is 0 Å². The molecule has 1 heterocycles. The number of likely N-dealkylation sites (N-methyl/N-ethyl adjacent to an activating group) is 1. The van der Waals surface area contributed by atoms with Crippen LogP contribution in [0.5, 0.6) is 0 Å². The molecule has 1 N–H and O–H groups in total. The number of rotatable bonds is 5. The predicted octanol–water partition coefficient (Wildman–Crippen LogP) is 2.87. The van der Waals surface area contributed by atoms with Crippen LogP contribution in [0.15, 0.2) is 42.7 Å². The average molecular weight is 243 g/mol. The minimum atomic E-state index is 0.248. The second kappa shape index (κ2) is 5.83. The number of hydrogen-bond acceptors (Lipinski definition) is 2. The number of hydrogen-bond donors (Lipinski definition) is 1. The van der Waals surface area contributed by atoms with Crippen LogP contribution in [-0.2, 0) is 7.05 Å². The van der Waals surface area contributed by atoms with Gasteiger partial charge in [-0.05, 0) is 19.0 Å². The summed E-state index contributed by atoms with van der Waals surface area (Å²) in [6.45, 7) is 2.23. The summed E-state index contributed by atoms with van der Waals surface area (Å²) >= 11 is 0. The Balaban J connectivity index is 2.34. The summed E-state index contributed by atoms with van der Waals surface area (Å²) in [5.41, 5.74) is 1.36. The smallest absolute Gasteiger partial charge is 0.126 e. The van der Waals surface area contributed by atoms with Crippen molar-refractivity contribution >= 4 is 0 Å². The number of benzene rings is 1. The maximum absolute atomic E-state index is 4.48. The molecule has 96 valence electrons. The van der Waals surface area contributed by atoms with E-state index in [1.54, 1.807) is 0 Å². The molecule has 3 nitrogen and oxygen atoms in total. The Morgan fingerprint density at radius 3 is 2.50 bits per heavy atom. The van der Waals surface area contributed by atoms with Gasteiger partial charge in [-0.25, -0.2) is 4.98 Å². The molecule has 0 saturated carbocycles. The highest BCUT2D eigenvalue weighted by Crippen LogP contribution is 2.32. The zero-order chi connectivity index (χ0) is 13.0. The molecule has 0 amide bonds. The van der Waals surface area contributed by atoms with Crippen LogP contribution in [0.4, 0.5) is 0 Å². The van der Waals surface area contributed by atoms with Crippen molar-refractivity contribution in [1.82, 2.24) is 14.9 Å². The molecule has 0 spiro atoms. The minimum absolute atomic E-state index is 0.248. The molecule has 0 aliphatic carbocycles. The average Bonchev–Trinajstić information content (AvgIpc) is 2.83. The first kappa shape index (κ1) is 12.8. The van der Waals surface area contributed by atoms with Gasteiger partial charge in [0.1, 0.15) is 5.82 Å². The molecule has 18 heavy (non-hydrogen) atoms. The van der Waals surface area contributed by atoms with Crippen LogP contribution in [-0.4, -0.2) is 16.6 Å². The van der Waals surface area contributed by atoms with Crippen molar-refractivity contribution in [3.63, 3.8) is 0 Å². The fourth-order valence-corrected chi connectivity index (χ4v) is 2.55. The third kappa shape index (κ3) is 2.46. The van der Waals surface area contributed by atoms with E-state index >= 15 is 0 Å². The van der Waals surface area contributed by atoms with E-state index in [2.05, 4.69) is 52.1 Å². The van der Waals surface area contributed by atoms with Crippen molar-refractivity contribution in [2.24, 2.45) is 7.05 Å². The van der Waals surface area contributed by atoms with Crippen LogP contribution >= 0.6 is 0 Å². The molecule has 2 rings (SSSR count). The Kier molecular flexibility index (Phi) is 4.15. The number of nitrogens with one attached hydrogen (secondary N) is 1. The van der Waals surface area contributed by atoms with Gasteiger partial charge in [-0.1, -0.05) is 37.3 Å². The first-order chi connectivity index (χ1) is 8.77. The van der Waals surface area contributed by atoms with Crippen LogP contribution in [0.1, 0.15) is 36.7 Å². The predicted molar refractivity (Wildman–Crippen MR) is 74.5 cm³/mol. The molecular formula is C15H21N3. The maximum atomic E-state index is 4.48. The van der Waals surface area contributed by atoms with Gasteiger partial charge in [0.25, 0.3) is 0 Å². The van der Waals surface area contributed by atoms with Gasteiger partial charge in [0, 0.05) is 25.4 Å². The van der Waals surface area contributed by atoms with Gasteiger partial charge in [0.05, 0.1) is 6.04 Å². The Labute approximate surface area is 109 Å². The normalized spacial score (nSPS) is 14.4. The Hall–Kier alpha value is -1.61. The maximum Gasteiger partial charge on any atom is 0.126 e. The van der Waals surface area contributed by atoms with Crippen molar-refractivity contribution in [2.45, 2.75) is 25.3 Å². The Morgan fingerprint density at radius 2 is 2.00 bits per heavy atom. The summed E-state index contributed by atoms with van der Waals surface area (Å²) in [6, 6.07) is 10.9. The van der Waals surface area contributed by atoms with Crippen molar-refractivity contribution in [3.8, 4) is 0 Å². The van der Waals surface area contributed by atoms with Crippen LogP contribution in [0.3, 0.4) is 0 Å². The summed E-state index contributed by atoms with van der Waals surface area (Å²) in [4.78, 5) is 4.48. The van der Waals surface area contributed by atoms with Gasteiger partial charge in [0.2, 0.25) is 0 Å². The first-order valence-electron chi connectivity index (χ1n) is 6.47. The monoisotopic (exact) mass is 243 g/mol. The van der Waals surface area contributed by atoms with E-state index in [9.17, 15) is 0 Å². The largest absolute Gasteiger partial charge is 0.337 e. The van der Waals surface area contributed by atoms with E-state index < -0.39 is 0 Å². The van der Waals surface area contributed by atoms with E-state index in [1.165, 1.54) is 5.56 Å². The third-order valence-electron chi connectivity index (χ3n) is 3.52. The summed E-state index contributed by atoms with van der Waals surface area (Å²) in [7, 11) is 4.05. The van der Waals surface area contributed by atoms with Gasteiger partial charge in [-0.3, -0.25) is 0 Å². The summed E-state index contributed by atoms with van der Waals surface area (Å²) in [5.74, 6) is 1.53. The highest BCUT2D eigenvalue weighted by Gasteiger charge is 2.24. The van der Waals surface area contributed by atoms with E-state index in [0.717, 1.165) is 12.2 Å². The van der Waals surface area contributed by atoms with E-state index in [1.807, 2.05) is 26.5 Å². The molecule has 0 bridgehead atoms. The molecular weight excluding hydrogens is 222 g/mol. The van der Waals surface area contributed by atoms with E-state index in [4.69, 9.17) is 0 Å². The molecule has 2 atom stereocenters. The summed E-state index contributed by atoms with van der Waals surface area (Å²) in [6.07, 6.45) is 4.94. The molecule has 0 saturated heterocycles. The standard InChI is InChI=1S/C15H21N3/c1-4-13(12-8-6-5-7-9-12)14(16-2)15-17-10-11-18(15)3/h5-11,13-14,16H,4H2,1-3H3. The van der Waals surface area contributed by atoms with Crippen molar-refractivity contribution < 1.29 is 0 Å². The molecule has 0 fully saturated rings. The van der Waals surface area contributed by atoms with E-state index in [-0.39, 0.29) is 6.04 Å². The van der Waals surface area contributed by atoms with Crippen molar-refractivity contribution in [3.05, 3.63) is 54.1 Å². The Bertz CT molecular complexity index is 475. The second-order valence-electron chi connectivity index (χ2n) is 4.59. The van der Waals surface area contributed by atoms with Crippen LogP contribution in [0.2, 0.25) is 0 Å². The fraction of sp³-hybridized carbons (Fsp3) is 0.400. The second-order valence-corrected chi connectivity index (χ2v) is 4.59. The number of aryl methyl sites for hydroxylation is 1. The van der Waals surface area contributed by atoms with Crippen LogP contribution in [0.25, 0.3) is 0 Å². The molecule has 0 aliphatic rings. The van der Waals surface area contributed by atoms with Crippen LogP contribution in [0, 0.1) is 0 Å². The SMILES string of the molecule is CCC(c1ccccc1)C(NC)c1nccn1C. The molecule has 3 heteroatoms. The summed E-state index contributed by atoms with van der Waals surface area (Å²) < 4.78 is 2.09. The number of nitrogens with zero attached hydrogens (tertiary/aromatic N) is 2. The van der Waals surface area contributed by atoms with Gasteiger partial charge < -0.3 is 9.88 Å². The lowest BCUT2D eigenvalue weighted by molar-refractivity contribution is 0.437. The minimum Gasteiger partial charge on any atom is -0.337 e. The van der Waals surface area contributed by atoms with Gasteiger partial charge in [0.15, 0.2) is 0 Å². The topological polar surface area (TPSA) is 29.9 Å². The molecule has 2 aromatic rings. The number of aromatic nitrogens is 2. The molecule has 1 aromatic heterocycles. The zero-order valence-corrected chi connectivity index (χ0v) is 11.3. The van der Waals surface area contributed by atoms with Gasteiger partial charge >= 0.3 is 0 Å². The third-order valence-corrected chi connectivity index (χ3v) is 3.52. The van der Waals surface area contributed by atoms with Crippen LogP contribution < -0.4 is 5.32 Å². The lowest BCUT2D eigenvalue weighted by Gasteiger charge is -2.26. The highest BCUT2D eigenvalue weighted by molar-refractivity contribution is 5.23. The van der Waals surface area contributed by atoms with Gasteiger partial charge in [-0.2, -0.15) is 0 Å². The lowest BCUT2D eigenvalue weighted by Crippen LogP contribution is -2.26. The van der Waals surface area contributed by atoms with Crippen molar-refractivity contribution in [1.29, 1.82) is 0 Å². The lowest BCUT2D eigenvalue weighted by atomic mass is 9.88. The number of imidazole rings is 1. The molecule has 0 aliphatic heterocycles. The first-order valence-corrected chi connectivity index (χ1v) is 6.47. The molecule has 0 radical (unpaired) electrons. The summed E-state index contributed by atoms with van der Waals surface area (Å²) in [5, 5.41) is 3.41. The zero-order valence-electron chi connectivity index (χ0n) is 11.3. The fourth-order valence-electron chi connectivity index (χ4n) is 2.55. The highest BCUT2D eigenvalue weighted by atomic mass is 15.1. The quantitative estimate of drug-likeness (QED) is 0.875. The Morgan fingerprint density at radius 1 is 1.28 bits per heavy atom. The molecule has 1 aromatic carbocycles.